The molecule has 2 N–H and O–H groups in total. The average molecular weight is 387 g/mol. The maximum atomic E-state index is 6.16. The van der Waals surface area contributed by atoms with Gasteiger partial charge in [0.1, 0.15) is 18.0 Å². The van der Waals surface area contributed by atoms with Crippen molar-refractivity contribution >= 4 is 33.6 Å². The van der Waals surface area contributed by atoms with Crippen LogP contribution in [0.2, 0.25) is 0 Å². The van der Waals surface area contributed by atoms with Crippen LogP contribution in [-0.2, 0) is 6.42 Å². The molecule has 5 rings (SSSR count). The average Bonchev–Trinajstić information content (AvgIpc) is 3.41. The fraction of sp³-hybridized carbons (Fsp3) is 0.364. The van der Waals surface area contributed by atoms with Crippen molar-refractivity contribution < 1.29 is 0 Å². The van der Waals surface area contributed by atoms with Crippen molar-refractivity contribution in [2.45, 2.75) is 39.2 Å². The van der Waals surface area contributed by atoms with Crippen LogP contribution < -0.4 is 10.6 Å². The predicted molar refractivity (Wildman–Crippen MR) is 116 cm³/mol. The SMILES string of the molecule is CCc1nn(C(C)c2cc3ccccc3nc2N2CCCC2)c2ncnc(N)c12. The summed E-state index contributed by atoms with van der Waals surface area (Å²) in [5.41, 5.74) is 10.1. The molecule has 0 bridgehead atoms. The molecule has 0 aliphatic carbocycles. The molecule has 3 aromatic heterocycles. The van der Waals surface area contributed by atoms with E-state index in [0.29, 0.717) is 5.82 Å². The Bertz CT molecular complexity index is 1190. The summed E-state index contributed by atoms with van der Waals surface area (Å²) in [7, 11) is 0. The second-order valence-electron chi connectivity index (χ2n) is 7.67. The predicted octanol–water partition coefficient (Wildman–Crippen LogP) is 3.73. The van der Waals surface area contributed by atoms with Crippen LogP contribution in [0, 0.1) is 0 Å². The van der Waals surface area contributed by atoms with Crippen LogP contribution in [0.5, 0.6) is 0 Å². The van der Waals surface area contributed by atoms with Gasteiger partial charge in [0.15, 0.2) is 5.65 Å². The lowest BCUT2D eigenvalue weighted by atomic mass is 10.1. The number of nitrogens with two attached hydrogens (primary N) is 1. The molecular weight excluding hydrogens is 362 g/mol. The van der Waals surface area contributed by atoms with E-state index in [9.17, 15) is 0 Å². The Morgan fingerprint density at radius 1 is 1.14 bits per heavy atom. The van der Waals surface area contributed by atoms with Gasteiger partial charge in [-0.1, -0.05) is 25.1 Å². The van der Waals surface area contributed by atoms with E-state index in [0.717, 1.165) is 58.5 Å². The van der Waals surface area contributed by atoms with Gasteiger partial charge in [-0.25, -0.2) is 19.6 Å². The second kappa shape index (κ2) is 6.99. The van der Waals surface area contributed by atoms with E-state index in [1.807, 2.05) is 10.7 Å². The van der Waals surface area contributed by atoms with Crippen molar-refractivity contribution in [3.05, 3.63) is 47.9 Å². The van der Waals surface area contributed by atoms with Gasteiger partial charge in [0.05, 0.1) is 22.6 Å². The minimum Gasteiger partial charge on any atom is -0.383 e. The van der Waals surface area contributed by atoms with E-state index >= 15 is 0 Å². The summed E-state index contributed by atoms with van der Waals surface area (Å²) in [5, 5.41) is 6.88. The number of aryl methyl sites for hydroxylation is 1. The third kappa shape index (κ3) is 2.88. The van der Waals surface area contributed by atoms with Crippen LogP contribution in [0.15, 0.2) is 36.7 Å². The number of nitrogens with zero attached hydrogens (tertiary/aromatic N) is 6. The minimum atomic E-state index is -0.0280. The molecule has 7 nitrogen and oxygen atoms in total. The van der Waals surface area contributed by atoms with Gasteiger partial charge in [0.25, 0.3) is 0 Å². The first-order valence-corrected chi connectivity index (χ1v) is 10.3. The molecule has 1 aromatic carbocycles. The smallest absolute Gasteiger partial charge is 0.164 e. The van der Waals surface area contributed by atoms with Crippen molar-refractivity contribution in [2.24, 2.45) is 0 Å². The highest BCUT2D eigenvalue weighted by molar-refractivity contribution is 5.88. The number of nitrogen functional groups attached to an aromatic ring is 1. The highest BCUT2D eigenvalue weighted by Gasteiger charge is 2.25. The Morgan fingerprint density at radius 2 is 1.93 bits per heavy atom. The van der Waals surface area contributed by atoms with E-state index in [1.165, 1.54) is 19.2 Å². The lowest BCUT2D eigenvalue weighted by molar-refractivity contribution is 0.570. The van der Waals surface area contributed by atoms with Gasteiger partial charge in [0, 0.05) is 24.0 Å². The molecule has 148 valence electrons. The number of pyridine rings is 1. The number of para-hydroxylation sites is 1. The molecule has 0 spiro atoms. The number of fused-ring (bicyclic) bond motifs is 2. The summed E-state index contributed by atoms with van der Waals surface area (Å²) >= 11 is 0. The first-order chi connectivity index (χ1) is 14.2. The first-order valence-electron chi connectivity index (χ1n) is 10.3. The van der Waals surface area contributed by atoms with E-state index in [1.54, 1.807) is 0 Å². The molecule has 1 aliphatic heterocycles. The normalized spacial score (nSPS) is 15.4. The van der Waals surface area contributed by atoms with Crippen molar-refractivity contribution in [1.82, 2.24) is 24.7 Å². The molecular formula is C22H25N7. The Labute approximate surface area is 169 Å². The van der Waals surface area contributed by atoms with Gasteiger partial charge < -0.3 is 10.6 Å². The Morgan fingerprint density at radius 3 is 2.72 bits per heavy atom. The number of rotatable bonds is 4. The Balaban J connectivity index is 1.72. The van der Waals surface area contributed by atoms with Crippen LogP contribution in [0.3, 0.4) is 0 Å². The van der Waals surface area contributed by atoms with Crippen molar-refractivity contribution in [1.29, 1.82) is 0 Å². The molecule has 1 atom stereocenters. The van der Waals surface area contributed by atoms with E-state index < -0.39 is 0 Å². The third-order valence-electron chi connectivity index (χ3n) is 5.88. The monoisotopic (exact) mass is 387 g/mol. The van der Waals surface area contributed by atoms with E-state index in [-0.39, 0.29) is 6.04 Å². The molecule has 0 saturated carbocycles. The third-order valence-corrected chi connectivity index (χ3v) is 5.88. The summed E-state index contributed by atoms with van der Waals surface area (Å²) in [6, 6.07) is 10.5. The molecule has 4 aromatic rings. The van der Waals surface area contributed by atoms with Gasteiger partial charge in [-0.2, -0.15) is 5.10 Å². The summed E-state index contributed by atoms with van der Waals surface area (Å²) < 4.78 is 1.98. The molecule has 29 heavy (non-hydrogen) atoms. The van der Waals surface area contributed by atoms with Crippen molar-refractivity contribution in [3.8, 4) is 0 Å². The Kier molecular flexibility index (Phi) is 4.30. The van der Waals surface area contributed by atoms with E-state index in [2.05, 4.69) is 53.0 Å². The van der Waals surface area contributed by atoms with Gasteiger partial charge in [-0.15, -0.1) is 0 Å². The van der Waals surface area contributed by atoms with E-state index in [4.69, 9.17) is 15.8 Å². The van der Waals surface area contributed by atoms with Gasteiger partial charge >= 0.3 is 0 Å². The Hall–Kier alpha value is -3.22. The maximum Gasteiger partial charge on any atom is 0.164 e. The molecule has 1 aliphatic rings. The quantitative estimate of drug-likeness (QED) is 0.574. The number of hydrogen-bond donors (Lipinski definition) is 1. The highest BCUT2D eigenvalue weighted by Crippen LogP contribution is 2.34. The summed E-state index contributed by atoms with van der Waals surface area (Å²) in [6.07, 6.45) is 4.71. The molecule has 0 radical (unpaired) electrons. The lowest BCUT2D eigenvalue weighted by Gasteiger charge is -2.24. The molecule has 1 fully saturated rings. The highest BCUT2D eigenvalue weighted by atomic mass is 15.3. The number of aromatic nitrogens is 5. The van der Waals surface area contributed by atoms with Crippen LogP contribution in [0.25, 0.3) is 21.9 Å². The summed E-state index contributed by atoms with van der Waals surface area (Å²) in [5.74, 6) is 1.54. The zero-order valence-corrected chi connectivity index (χ0v) is 16.8. The number of benzene rings is 1. The first kappa shape index (κ1) is 17.8. The van der Waals surface area contributed by atoms with Gasteiger partial charge in [-0.05, 0) is 38.3 Å². The molecule has 1 saturated heterocycles. The largest absolute Gasteiger partial charge is 0.383 e. The number of hydrogen-bond acceptors (Lipinski definition) is 6. The van der Waals surface area contributed by atoms with Gasteiger partial charge in [-0.3, -0.25) is 0 Å². The molecule has 4 heterocycles. The van der Waals surface area contributed by atoms with Crippen LogP contribution in [-0.4, -0.2) is 37.8 Å². The minimum absolute atomic E-state index is 0.0280. The zero-order chi connectivity index (χ0) is 20.0. The fourth-order valence-electron chi connectivity index (χ4n) is 4.33. The number of anilines is 2. The molecule has 1 unspecified atom stereocenters. The summed E-state index contributed by atoms with van der Waals surface area (Å²) in [4.78, 5) is 16.2. The standard InChI is InChI=1S/C22H25N7/c1-3-17-19-20(23)24-13-25-22(19)29(27-17)14(2)16-12-15-8-4-5-9-18(15)26-21(16)28-10-6-7-11-28/h4-5,8-9,12-14H,3,6-7,10-11H2,1-2H3,(H2,23,24,25). The van der Waals surface area contributed by atoms with Crippen molar-refractivity contribution in [3.63, 3.8) is 0 Å². The van der Waals surface area contributed by atoms with Gasteiger partial charge in [0.2, 0.25) is 0 Å². The lowest BCUT2D eigenvalue weighted by Crippen LogP contribution is -2.23. The fourth-order valence-corrected chi connectivity index (χ4v) is 4.33. The van der Waals surface area contributed by atoms with Crippen molar-refractivity contribution in [2.75, 3.05) is 23.7 Å². The molecule has 0 amide bonds. The summed E-state index contributed by atoms with van der Waals surface area (Å²) in [6.45, 7) is 6.33. The maximum absolute atomic E-state index is 6.16. The van der Waals surface area contributed by atoms with Crippen LogP contribution in [0.1, 0.15) is 44.0 Å². The topological polar surface area (TPSA) is 85.8 Å². The molecule has 7 heteroatoms. The van der Waals surface area contributed by atoms with Crippen LogP contribution in [0.4, 0.5) is 11.6 Å². The van der Waals surface area contributed by atoms with Crippen LogP contribution >= 0.6 is 0 Å². The zero-order valence-electron chi connectivity index (χ0n) is 16.8. The second-order valence-corrected chi connectivity index (χ2v) is 7.67.